The monoisotopic (exact) mass is 227 g/mol. The largest absolute Gasteiger partial charge is 0.240 e. The molecule has 1 aromatic heterocycles. The summed E-state index contributed by atoms with van der Waals surface area (Å²) in [4.78, 5) is 4.21. The third-order valence-corrected chi connectivity index (χ3v) is 2.99. The van der Waals surface area contributed by atoms with Crippen molar-refractivity contribution in [3.63, 3.8) is 0 Å². The first-order valence-corrected chi connectivity index (χ1v) is 5.48. The van der Waals surface area contributed by atoms with Gasteiger partial charge in [-0.3, -0.25) is 0 Å². The van der Waals surface area contributed by atoms with E-state index < -0.39 is 0 Å². The Hall–Kier alpha value is -0.930. The lowest BCUT2D eigenvalue weighted by Crippen LogP contribution is -1.83. The van der Waals surface area contributed by atoms with Gasteiger partial charge in [-0.05, 0) is 12.1 Å². The Morgan fingerprint density at radius 2 is 2.14 bits per heavy atom. The van der Waals surface area contributed by atoms with Gasteiger partial charge in [0, 0.05) is 10.9 Å². The van der Waals surface area contributed by atoms with Crippen LogP contribution < -0.4 is 0 Å². The molecule has 1 aromatic carbocycles. The third kappa shape index (κ3) is 1.79. The summed E-state index contributed by atoms with van der Waals surface area (Å²) in [6.07, 6.45) is 0. The molecule has 14 heavy (non-hydrogen) atoms. The normalized spacial score (nSPS) is 10.4. The lowest BCUT2D eigenvalue weighted by molar-refractivity contribution is 0.631. The molecule has 0 aliphatic rings. The summed E-state index contributed by atoms with van der Waals surface area (Å²) in [6.45, 7) is 0. The van der Waals surface area contributed by atoms with Crippen molar-refractivity contribution in [2.24, 2.45) is 0 Å². The molecule has 0 bridgehead atoms. The second kappa shape index (κ2) is 4.07. The maximum atomic E-state index is 13.3. The van der Waals surface area contributed by atoms with Gasteiger partial charge in [-0.15, -0.1) is 22.9 Å². The number of hydrogen-bond acceptors (Lipinski definition) is 2. The SMILES string of the molecule is Fc1ccccc1-c1nc(CCl)cs1. The zero-order valence-electron chi connectivity index (χ0n) is 7.21. The van der Waals surface area contributed by atoms with Crippen LogP contribution in [0.2, 0.25) is 0 Å². The van der Waals surface area contributed by atoms with E-state index in [1.54, 1.807) is 18.2 Å². The molecule has 1 nitrogen and oxygen atoms in total. The topological polar surface area (TPSA) is 12.9 Å². The van der Waals surface area contributed by atoms with Gasteiger partial charge in [-0.25, -0.2) is 9.37 Å². The second-order valence-electron chi connectivity index (χ2n) is 2.76. The van der Waals surface area contributed by atoms with Crippen LogP contribution in [0.3, 0.4) is 0 Å². The highest BCUT2D eigenvalue weighted by atomic mass is 35.5. The average molecular weight is 228 g/mol. The van der Waals surface area contributed by atoms with Crippen molar-refractivity contribution in [2.45, 2.75) is 5.88 Å². The van der Waals surface area contributed by atoms with E-state index in [9.17, 15) is 4.39 Å². The van der Waals surface area contributed by atoms with Gasteiger partial charge in [-0.1, -0.05) is 12.1 Å². The van der Waals surface area contributed by atoms with Crippen molar-refractivity contribution in [3.8, 4) is 10.6 Å². The predicted octanol–water partition coefficient (Wildman–Crippen LogP) is 3.69. The molecule has 0 spiro atoms. The second-order valence-corrected chi connectivity index (χ2v) is 3.88. The third-order valence-electron chi connectivity index (χ3n) is 1.79. The van der Waals surface area contributed by atoms with Gasteiger partial charge in [0.1, 0.15) is 10.8 Å². The van der Waals surface area contributed by atoms with Gasteiger partial charge in [0.2, 0.25) is 0 Å². The fraction of sp³-hybridized carbons (Fsp3) is 0.100. The molecule has 0 fully saturated rings. The molecule has 0 atom stereocenters. The molecule has 0 aliphatic heterocycles. The highest BCUT2D eigenvalue weighted by Gasteiger charge is 2.07. The predicted molar refractivity (Wildman–Crippen MR) is 57.1 cm³/mol. The summed E-state index contributed by atoms with van der Waals surface area (Å²) in [7, 11) is 0. The smallest absolute Gasteiger partial charge is 0.133 e. The summed E-state index contributed by atoms with van der Waals surface area (Å²) < 4.78 is 13.3. The number of hydrogen-bond donors (Lipinski definition) is 0. The summed E-state index contributed by atoms with van der Waals surface area (Å²) in [6, 6.07) is 6.60. The molecule has 0 amide bonds. The molecule has 0 unspecified atom stereocenters. The molecule has 1 heterocycles. The number of benzene rings is 1. The van der Waals surface area contributed by atoms with Crippen LogP contribution in [0, 0.1) is 5.82 Å². The van der Waals surface area contributed by atoms with E-state index in [0.29, 0.717) is 16.5 Å². The van der Waals surface area contributed by atoms with E-state index in [1.165, 1.54) is 17.4 Å². The summed E-state index contributed by atoms with van der Waals surface area (Å²) in [5.41, 5.74) is 1.32. The van der Waals surface area contributed by atoms with Gasteiger partial charge in [0.05, 0.1) is 11.6 Å². The van der Waals surface area contributed by atoms with Crippen LogP contribution in [0.4, 0.5) is 4.39 Å². The van der Waals surface area contributed by atoms with E-state index in [2.05, 4.69) is 4.98 Å². The van der Waals surface area contributed by atoms with E-state index in [-0.39, 0.29) is 5.82 Å². The van der Waals surface area contributed by atoms with E-state index in [4.69, 9.17) is 11.6 Å². The molecule has 2 aromatic rings. The first kappa shape index (κ1) is 9.62. The van der Waals surface area contributed by atoms with Crippen molar-refractivity contribution in [2.75, 3.05) is 0 Å². The lowest BCUT2D eigenvalue weighted by Gasteiger charge is -1.96. The fourth-order valence-corrected chi connectivity index (χ4v) is 2.20. The Bertz CT molecular complexity index is 441. The van der Waals surface area contributed by atoms with Crippen LogP contribution in [0.25, 0.3) is 10.6 Å². The van der Waals surface area contributed by atoms with Crippen LogP contribution >= 0.6 is 22.9 Å². The number of nitrogens with zero attached hydrogens (tertiary/aromatic N) is 1. The van der Waals surface area contributed by atoms with Gasteiger partial charge in [0.25, 0.3) is 0 Å². The number of rotatable bonds is 2. The van der Waals surface area contributed by atoms with Crippen molar-refractivity contribution >= 4 is 22.9 Å². The van der Waals surface area contributed by atoms with Gasteiger partial charge >= 0.3 is 0 Å². The molecule has 0 saturated carbocycles. The maximum Gasteiger partial charge on any atom is 0.133 e. The average Bonchev–Trinajstić information content (AvgIpc) is 2.67. The molecule has 2 rings (SSSR count). The molecule has 72 valence electrons. The Balaban J connectivity index is 2.44. The van der Waals surface area contributed by atoms with Crippen LogP contribution in [0.1, 0.15) is 5.69 Å². The number of halogens is 2. The van der Waals surface area contributed by atoms with Crippen LogP contribution in [-0.2, 0) is 5.88 Å². The number of aromatic nitrogens is 1. The number of thiazole rings is 1. The first-order chi connectivity index (χ1) is 6.81. The Labute approximate surface area is 90.2 Å². The molecule has 4 heteroatoms. The van der Waals surface area contributed by atoms with E-state index >= 15 is 0 Å². The Kier molecular flexibility index (Phi) is 2.79. The first-order valence-electron chi connectivity index (χ1n) is 4.06. The van der Waals surface area contributed by atoms with Crippen molar-refractivity contribution < 1.29 is 4.39 Å². The quantitative estimate of drug-likeness (QED) is 0.713. The van der Waals surface area contributed by atoms with Crippen LogP contribution in [0.5, 0.6) is 0 Å². The lowest BCUT2D eigenvalue weighted by atomic mass is 10.2. The Morgan fingerprint density at radius 1 is 1.36 bits per heavy atom. The molecule has 0 N–H and O–H groups in total. The minimum absolute atomic E-state index is 0.247. The maximum absolute atomic E-state index is 13.3. The fourth-order valence-electron chi connectivity index (χ4n) is 1.13. The molecule has 0 saturated heterocycles. The summed E-state index contributed by atoms with van der Waals surface area (Å²) in [5, 5.41) is 2.52. The van der Waals surface area contributed by atoms with Crippen molar-refractivity contribution in [1.29, 1.82) is 0 Å². The molecule has 0 radical (unpaired) electrons. The van der Waals surface area contributed by atoms with Crippen molar-refractivity contribution in [3.05, 3.63) is 41.2 Å². The van der Waals surface area contributed by atoms with Crippen molar-refractivity contribution in [1.82, 2.24) is 4.98 Å². The highest BCUT2D eigenvalue weighted by Crippen LogP contribution is 2.26. The minimum Gasteiger partial charge on any atom is -0.240 e. The zero-order chi connectivity index (χ0) is 9.97. The van der Waals surface area contributed by atoms with Crippen LogP contribution in [0.15, 0.2) is 29.6 Å². The van der Waals surface area contributed by atoms with Crippen LogP contribution in [-0.4, -0.2) is 4.98 Å². The molecular formula is C10H7ClFNS. The highest BCUT2D eigenvalue weighted by molar-refractivity contribution is 7.13. The van der Waals surface area contributed by atoms with E-state index in [0.717, 1.165) is 5.69 Å². The summed E-state index contributed by atoms with van der Waals surface area (Å²) in [5.74, 6) is 0.119. The van der Waals surface area contributed by atoms with E-state index in [1.807, 2.05) is 5.38 Å². The Morgan fingerprint density at radius 3 is 2.79 bits per heavy atom. The zero-order valence-corrected chi connectivity index (χ0v) is 8.78. The minimum atomic E-state index is -0.247. The summed E-state index contributed by atoms with van der Waals surface area (Å²) >= 11 is 7.02. The van der Waals surface area contributed by atoms with Gasteiger partial charge in [0.15, 0.2) is 0 Å². The van der Waals surface area contributed by atoms with Gasteiger partial charge in [-0.2, -0.15) is 0 Å². The number of alkyl halides is 1. The molecular weight excluding hydrogens is 221 g/mol. The van der Waals surface area contributed by atoms with Gasteiger partial charge < -0.3 is 0 Å². The standard InChI is InChI=1S/C10H7ClFNS/c11-5-7-6-14-10(13-7)8-3-1-2-4-9(8)12/h1-4,6H,5H2. The molecule has 0 aliphatic carbocycles.